The Morgan fingerprint density at radius 2 is 2.22 bits per heavy atom. The maximum Gasteiger partial charge on any atom is 0.161 e. The van der Waals surface area contributed by atoms with Gasteiger partial charge >= 0.3 is 0 Å². The van der Waals surface area contributed by atoms with Gasteiger partial charge in [0, 0.05) is 12.1 Å². The Morgan fingerprint density at radius 3 is 2.72 bits per heavy atom. The smallest absolute Gasteiger partial charge is 0.161 e. The van der Waals surface area contributed by atoms with E-state index in [1.807, 2.05) is 19.9 Å². The molecule has 1 aromatic rings. The topological polar surface area (TPSA) is 56.0 Å². The molecule has 0 aliphatic carbocycles. The number of nitrogens with one attached hydrogen (secondary N) is 1. The predicted octanol–water partition coefficient (Wildman–Crippen LogP) is 3.42. The third-order valence-corrected chi connectivity index (χ3v) is 3.86. The van der Waals surface area contributed by atoms with Crippen LogP contribution in [0.25, 0.3) is 0 Å². The summed E-state index contributed by atoms with van der Waals surface area (Å²) in [6, 6.07) is 5.02. The summed E-state index contributed by atoms with van der Waals surface area (Å²) in [5, 5.41) is 20.9. The summed E-state index contributed by atoms with van der Waals surface area (Å²) in [4.78, 5) is 0. The molecule has 1 unspecified atom stereocenters. The zero-order valence-corrected chi connectivity index (χ0v) is 12.0. The number of hydrogen-bond donors (Lipinski definition) is 2. The summed E-state index contributed by atoms with van der Waals surface area (Å²) in [7, 11) is 0. The van der Waals surface area contributed by atoms with Gasteiger partial charge in [0.2, 0.25) is 0 Å². The van der Waals surface area contributed by atoms with Gasteiger partial charge < -0.3 is 10.4 Å². The lowest BCUT2D eigenvalue weighted by Gasteiger charge is -2.30. The van der Waals surface area contributed by atoms with Crippen LogP contribution < -0.4 is 5.32 Å². The van der Waals surface area contributed by atoms with E-state index in [4.69, 9.17) is 10.4 Å². The minimum Gasteiger partial charge on any atom is -0.396 e. The van der Waals surface area contributed by atoms with Gasteiger partial charge in [-0.1, -0.05) is 6.92 Å². The van der Waals surface area contributed by atoms with Crippen LogP contribution in [0, 0.1) is 17.1 Å². The summed E-state index contributed by atoms with van der Waals surface area (Å²) in [6.07, 6.45) is 1.28. The second kappa shape index (κ2) is 6.17. The Kier molecular flexibility index (Phi) is 5.12. The van der Waals surface area contributed by atoms with Crippen molar-refractivity contribution < 1.29 is 9.50 Å². The highest BCUT2D eigenvalue weighted by Crippen LogP contribution is 2.30. The summed E-state index contributed by atoms with van der Waals surface area (Å²) < 4.78 is 14.2. The molecule has 0 radical (unpaired) electrons. The third kappa shape index (κ3) is 3.21. The molecule has 0 fully saturated rings. The highest BCUT2D eigenvalue weighted by atomic mass is 79.9. The zero-order chi connectivity index (χ0) is 13.8. The van der Waals surface area contributed by atoms with Gasteiger partial charge in [-0.2, -0.15) is 5.26 Å². The van der Waals surface area contributed by atoms with E-state index in [0.717, 1.165) is 6.42 Å². The molecule has 1 atom stereocenters. The van der Waals surface area contributed by atoms with E-state index in [1.165, 1.54) is 0 Å². The maximum absolute atomic E-state index is 14.0. The molecule has 98 valence electrons. The van der Waals surface area contributed by atoms with Crippen molar-refractivity contribution in [3.05, 3.63) is 28.0 Å². The molecule has 3 nitrogen and oxygen atoms in total. The molecule has 0 bridgehead atoms. The van der Waals surface area contributed by atoms with Crippen LogP contribution in [0.5, 0.6) is 0 Å². The fourth-order valence-electron chi connectivity index (χ4n) is 1.63. The van der Waals surface area contributed by atoms with Gasteiger partial charge in [-0.3, -0.25) is 0 Å². The lowest BCUT2D eigenvalue weighted by Crippen LogP contribution is -2.35. The Bertz CT molecular complexity index is 473. The number of aliphatic hydroxyl groups excluding tert-OH is 1. The van der Waals surface area contributed by atoms with E-state index >= 15 is 0 Å². The molecule has 1 aromatic carbocycles. The first-order chi connectivity index (χ1) is 8.47. The lowest BCUT2D eigenvalue weighted by molar-refractivity contribution is 0.251. The Labute approximate surface area is 115 Å². The van der Waals surface area contributed by atoms with E-state index in [1.54, 1.807) is 12.1 Å². The molecule has 0 saturated heterocycles. The molecule has 0 spiro atoms. The predicted molar refractivity (Wildman–Crippen MR) is 72.8 cm³/mol. The molecule has 0 aliphatic rings. The first-order valence-corrected chi connectivity index (χ1v) is 6.54. The van der Waals surface area contributed by atoms with Crippen LogP contribution in [0.3, 0.4) is 0 Å². The summed E-state index contributed by atoms with van der Waals surface area (Å²) in [6.45, 7) is 3.93. The first-order valence-electron chi connectivity index (χ1n) is 5.74. The van der Waals surface area contributed by atoms with Crippen molar-refractivity contribution in [3.63, 3.8) is 0 Å². The third-order valence-electron chi connectivity index (χ3n) is 3.08. The largest absolute Gasteiger partial charge is 0.396 e. The number of nitrogens with zero attached hydrogens (tertiary/aromatic N) is 1. The van der Waals surface area contributed by atoms with Gasteiger partial charge in [0.05, 0.1) is 15.7 Å². The normalized spacial score (nSPS) is 13.8. The van der Waals surface area contributed by atoms with Crippen LogP contribution in [-0.4, -0.2) is 17.3 Å². The summed E-state index contributed by atoms with van der Waals surface area (Å²) in [5.41, 5.74) is 0.223. The number of halogens is 2. The van der Waals surface area contributed by atoms with E-state index in [-0.39, 0.29) is 22.2 Å². The molecule has 0 amide bonds. The van der Waals surface area contributed by atoms with Crippen LogP contribution in [-0.2, 0) is 0 Å². The van der Waals surface area contributed by atoms with Gasteiger partial charge in [0.25, 0.3) is 0 Å². The molecular weight excluding hydrogens is 299 g/mol. The van der Waals surface area contributed by atoms with E-state index < -0.39 is 5.82 Å². The molecular formula is C13H16BrFN2O. The monoisotopic (exact) mass is 314 g/mol. The fourth-order valence-corrected chi connectivity index (χ4v) is 2.07. The SMILES string of the molecule is CCC(C)(CCO)Nc1ccc(C#N)c(Br)c1F. The van der Waals surface area contributed by atoms with Crippen molar-refractivity contribution >= 4 is 21.6 Å². The van der Waals surface area contributed by atoms with Crippen LogP contribution in [0.15, 0.2) is 16.6 Å². The molecule has 1 rings (SSSR count). The Balaban J connectivity index is 3.06. The van der Waals surface area contributed by atoms with Gasteiger partial charge in [0.1, 0.15) is 6.07 Å². The van der Waals surface area contributed by atoms with Gasteiger partial charge in [-0.25, -0.2) is 4.39 Å². The van der Waals surface area contributed by atoms with Crippen LogP contribution in [0.4, 0.5) is 10.1 Å². The van der Waals surface area contributed by atoms with Crippen molar-refractivity contribution in [1.82, 2.24) is 0 Å². The highest BCUT2D eigenvalue weighted by Gasteiger charge is 2.23. The van der Waals surface area contributed by atoms with Crippen molar-refractivity contribution in [2.24, 2.45) is 0 Å². The second-order valence-electron chi connectivity index (χ2n) is 4.41. The Hall–Kier alpha value is -1.12. The molecule has 0 heterocycles. The molecule has 18 heavy (non-hydrogen) atoms. The first kappa shape index (κ1) is 14.9. The van der Waals surface area contributed by atoms with E-state index in [9.17, 15) is 4.39 Å². The molecule has 5 heteroatoms. The Morgan fingerprint density at radius 1 is 1.56 bits per heavy atom. The van der Waals surface area contributed by atoms with E-state index in [0.29, 0.717) is 12.1 Å². The molecule has 2 N–H and O–H groups in total. The highest BCUT2D eigenvalue weighted by molar-refractivity contribution is 9.10. The maximum atomic E-state index is 14.0. The molecule has 0 aromatic heterocycles. The van der Waals surface area contributed by atoms with Gasteiger partial charge in [-0.15, -0.1) is 0 Å². The summed E-state index contributed by atoms with van der Waals surface area (Å²) >= 11 is 3.07. The lowest BCUT2D eigenvalue weighted by atomic mass is 9.94. The number of nitriles is 1. The van der Waals surface area contributed by atoms with Crippen LogP contribution in [0.1, 0.15) is 32.3 Å². The fraction of sp³-hybridized carbons (Fsp3) is 0.462. The second-order valence-corrected chi connectivity index (χ2v) is 5.21. The minimum atomic E-state index is -0.480. The molecule has 0 aliphatic heterocycles. The van der Waals surface area contributed by atoms with Crippen molar-refractivity contribution in [2.75, 3.05) is 11.9 Å². The van der Waals surface area contributed by atoms with E-state index in [2.05, 4.69) is 21.2 Å². The van der Waals surface area contributed by atoms with Crippen molar-refractivity contribution in [2.45, 2.75) is 32.2 Å². The number of aliphatic hydroxyl groups is 1. The van der Waals surface area contributed by atoms with Crippen LogP contribution in [0.2, 0.25) is 0 Å². The quantitative estimate of drug-likeness (QED) is 0.875. The summed E-state index contributed by atoms with van der Waals surface area (Å²) in [5.74, 6) is -0.480. The van der Waals surface area contributed by atoms with Crippen molar-refractivity contribution in [1.29, 1.82) is 5.26 Å². The van der Waals surface area contributed by atoms with Crippen LogP contribution >= 0.6 is 15.9 Å². The number of rotatable bonds is 5. The van der Waals surface area contributed by atoms with Gasteiger partial charge in [-0.05, 0) is 47.8 Å². The number of benzene rings is 1. The standard InChI is InChI=1S/C13H16BrFN2O/c1-3-13(2,6-7-18)17-10-5-4-9(8-16)11(14)12(10)15/h4-5,17-18H,3,6-7H2,1-2H3. The average molecular weight is 315 g/mol. The van der Waals surface area contributed by atoms with Gasteiger partial charge in [0.15, 0.2) is 5.82 Å². The number of hydrogen-bond acceptors (Lipinski definition) is 3. The van der Waals surface area contributed by atoms with Crippen molar-refractivity contribution in [3.8, 4) is 6.07 Å². The average Bonchev–Trinajstić information content (AvgIpc) is 2.36. The number of anilines is 1. The zero-order valence-electron chi connectivity index (χ0n) is 10.4. The minimum absolute atomic E-state index is 0.0381. The molecule has 0 saturated carbocycles.